The number of benzene rings is 2. The molecule has 2 aliphatic rings. The molecule has 4 rings (SSSR count). The van der Waals surface area contributed by atoms with Gasteiger partial charge < -0.3 is 15.8 Å². The Kier molecular flexibility index (Phi) is 5.11. The molecule has 146 valence electrons. The third-order valence-electron chi connectivity index (χ3n) is 6.22. The predicted octanol–water partition coefficient (Wildman–Crippen LogP) is 4.34. The molecule has 0 aromatic heterocycles. The van der Waals surface area contributed by atoms with Crippen LogP contribution in [0.1, 0.15) is 36.3 Å². The van der Waals surface area contributed by atoms with E-state index in [1.165, 1.54) is 0 Å². The summed E-state index contributed by atoms with van der Waals surface area (Å²) in [5.41, 5.74) is 7.54. The van der Waals surface area contributed by atoms with Gasteiger partial charge in [-0.05, 0) is 60.1 Å². The highest BCUT2D eigenvalue weighted by Gasteiger charge is 2.55. The highest BCUT2D eigenvalue weighted by atomic mass is 35.5. The van der Waals surface area contributed by atoms with Crippen molar-refractivity contribution in [2.24, 2.45) is 11.8 Å². The highest BCUT2D eigenvalue weighted by Crippen LogP contribution is 2.55. The lowest BCUT2D eigenvalue weighted by Crippen LogP contribution is -2.46. The van der Waals surface area contributed by atoms with Gasteiger partial charge in [-0.25, -0.2) is 0 Å². The van der Waals surface area contributed by atoms with E-state index >= 15 is 0 Å². The van der Waals surface area contributed by atoms with Crippen LogP contribution in [0, 0.1) is 11.8 Å². The van der Waals surface area contributed by atoms with Crippen molar-refractivity contribution in [1.82, 2.24) is 5.32 Å². The molecule has 6 heteroatoms. The van der Waals surface area contributed by atoms with Crippen LogP contribution in [0.15, 0.2) is 42.5 Å². The third kappa shape index (κ3) is 3.29. The standard InChI is InChI=1S/C22H22Cl2N2O2/c23-15-3-1-2-14(8-15)18-10-21(28)26-11-19(13-4-5-13)22(18,12-27)17-7-6-16(24)9-20(17)25/h1-3,6-9,12-13,18-19H,4-5,10-11,25H2,(H,26,28)/t18-,19?,22+/m1/s1. The number of nitrogens with one attached hydrogen (secondary N) is 1. The van der Waals surface area contributed by atoms with Gasteiger partial charge in [-0.3, -0.25) is 4.79 Å². The van der Waals surface area contributed by atoms with E-state index in [1.807, 2.05) is 24.3 Å². The van der Waals surface area contributed by atoms with Crippen LogP contribution in [0.4, 0.5) is 5.69 Å². The largest absolute Gasteiger partial charge is 0.398 e. The van der Waals surface area contributed by atoms with Crippen LogP contribution in [-0.2, 0) is 15.0 Å². The molecule has 1 aliphatic heterocycles. The van der Waals surface area contributed by atoms with Crippen molar-refractivity contribution in [2.75, 3.05) is 12.3 Å². The first-order chi connectivity index (χ1) is 13.5. The normalized spacial score (nSPS) is 27.7. The lowest BCUT2D eigenvalue weighted by molar-refractivity contribution is -0.121. The van der Waals surface area contributed by atoms with Gasteiger partial charge in [0.2, 0.25) is 5.91 Å². The molecule has 3 N–H and O–H groups in total. The zero-order valence-electron chi connectivity index (χ0n) is 15.3. The molecule has 1 aliphatic carbocycles. The number of aldehydes is 1. The van der Waals surface area contributed by atoms with E-state index in [2.05, 4.69) is 5.32 Å². The summed E-state index contributed by atoms with van der Waals surface area (Å²) in [6, 6.07) is 12.7. The van der Waals surface area contributed by atoms with E-state index in [0.29, 0.717) is 28.2 Å². The summed E-state index contributed by atoms with van der Waals surface area (Å²) >= 11 is 12.4. The van der Waals surface area contributed by atoms with Crippen LogP contribution in [0.5, 0.6) is 0 Å². The van der Waals surface area contributed by atoms with Gasteiger partial charge in [-0.1, -0.05) is 41.4 Å². The smallest absolute Gasteiger partial charge is 0.220 e. The lowest BCUT2D eigenvalue weighted by atomic mass is 9.59. The van der Waals surface area contributed by atoms with Crippen LogP contribution in [-0.4, -0.2) is 18.7 Å². The maximum absolute atomic E-state index is 12.9. The quantitative estimate of drug-likeness (QED) is 0.574. The SMILES string of the molecule is Nc1cc(Cl)ccc1[C@]1(C=O)C(C2CC2)CNC(=O)C[C@@H]1c1cccc(Cl)c1. The number of nitrogen functional groups attached to an aromatic ring is 1. The fourth-order valence-corrected chi connectivity index (χ4v) is 5.18. The monoisotopic (exact) mass is 416 g/mol. The van der Waals surface area contributed by atoms with Crippen molar-refractivity contribution < 1.29 is 9.59 Å². The van der Waals surface area contributed by atoms with Crippen molar-refractivity contribution in [3.63, 3.8) is 0 Å². The average Bonchev–Trinajstić information content (AvgIpc) is 3.49. The molecule has 1 heterocycles. The maximum atomic E-state index is 12.9. The van der Waals surface area contributed by atoms with E-state index in [4.69, 9.17) is 28.9 Å². The number of amides is 1. The molecule has 1 saturated heterocycles. The molecular formula is C22H22Cl2N2O2. The Bertz CT molecular complexity index is 929. The Hall–Kier alpha value is -2.04. The van der Waals surface area contributed by atoms with Gasteiger partial charge in [-0.15, -0.1) is 0 Å². The number of nitrogens with two attached hydrogens (primary N) is 1. The maximum Gasteiger partial charge on any atom is 0.220 e. The summed E-state index contributed by atoms with van der Waals surface area (Å²) in [6.07, 6.45) is 3.31. The van der Waals surface area contributed by atoms with Gasteiger partial charge in [0.25, 0.3) is 0 Å². The summed E-state index contributed by atoms with van der Waals surface area (Å²) in [6.45, 7) is 0.460. The number of carbonyl (C=O) groups is 2. The minimum Gasteiger partial charge on any atom is -0.398 e. The van der Waals surface area contributed by atoms with Gasteiger partial charge in [0.1, 0.15) is 6.29 Å². The van der Waals surface area contributed by atoms with Crippen molar-refractivity contribution in [1.29, 1.82) is 0 Å². The Morgan fingerprint density at radius 2 is 1.86 bits per heavy atom. The van der Waals surface area contributed by atoms with Gasteiger partial charge in [0.15, 0.2) is 0 Å². The van der Waals surface area contributed by atoms with Crippen molar-refractivity contribution in [3.8, 4) is 0 Å². The Labute approximate surface area is 174 Å². The summed E-state index contributed by atoms with van der Waals surface area (Å²) in [5, 5.41) is 4.12. The number of hydrogen-bond acceptors (Lipinski definition) is 3. The van der Waals surface area contributed by atoms with E-state index < -0.39 is 5.41 Å². The predicted molar refractivity (Wildman–Crippen MR) is 112 cm³/mol. The molecule has 3 atom stereocenters. The summed E-state index contributed by atoms with van der Waals surface area (Å²) in [5.74, 6) is -0.0866. The second-order valence-corrected chi connectivity index (χ2v) is 8.72. The second-order valence-electron chi connectivity index (χ2n) is 7.84. The molecule has 1 amide bonds. The summed E-state index contributed by atoms with van der Waals surface area (Å²) < 4.78 is 0. The zero-order chi connectivity index (χ0) is 19.9. The first-order valence-electron chi connectivity index (χ1n) is 9.49. The molecule has 4 nitrogen and oxygen atoms in total. The number of rotatable bonds is 4. The molecule has 0 spiro atoms. The van der Waals surface area contributed by atoms with E-state index in [9.17, 15) is 9.59 Å². The van der Waals surface area contributed by atoms with Crippen molar-refractivity contribution in [3.05, 3.63) is 63.6 Å². The number of carbonyl (C=O) groups excluding carboxylic acids is 2. The van der Waals surface area contributed by atoms with Crippen molar-refractivity contribution in [2.45, 2.75) is 30.6 Å². The zero-order valence-corrected chi connectivity index (χ0v) is 16.8. The molecule has 0 radical (unpaired) electrons. The van der Waals surface area contributed by atoms with Gasteiger partial charge in [0.05, 0.1) is 5.41 Å². The Balaban J connectivity index is 1.98. The second kappa shape index (κ2) is 7.41. The molecule has 2 aromatic rings. The van der Waals surface area contributed by atoms with Crippen molar-refractivity contribution >= 4 is 41.1 Å². The number of hydrogen-bond donors (Lipinski definition) is 2. The molecular weight excluding hydrogens is 395 g/mol. The van der Waals surface area contributed by atoms with Crippen LogP contribution in [0.3, 0.4) is 0 Å². The fraction of sp³-hybridized carbons (Fsp3) is 0.364. The van der Waals surface area contributed by atoms with E-state index in [0.717, 1.165) is 30.3 Å². The molecule has 28 heavy (non-hydrogen) atoms. The van der Waals surface area contributed by atoms with E-state index in [-0.39, 0.29) is 24.2 Å². The molecule has 2 fully saturated rings. The number of halogens is 2. The van der Waals surface area contributed by atoms with Gasteiger partial charge >= 0.3 is 0 Å². The average molecular weight is 417 g/mol. The van der Waals surface area contributed by atoms with Crippen LogP contribution >= 0.6 is 23.2 Å². The first-order valence-corrected chi connectivity index (χ1v) is 10.2. The summed E-state index contributed by atoms with van der Waals surface area (Å²) in [4.78, 5) is 25.5. The molecule has 1 saturated carbocycles. The molecule has 2 aromatic carbocycles. The minimum atomic E-state index is -0.931. The molecule has 1 unspecified atom stereocenters. The first kappa shape index (κ1) is 19.3. The number of anilines is 1. The topological polar surface area (TPSA) is 72.2 Å². The van der Waals surface area contributed by atoms with E-state index in [1.54, 1.807) is 18.2 Å². The minimum absolute atomic E-state index is 0.0380. The summed E-state index contributed by atoms with van der Waals surface area (Å²) in [7, 11) is 0. The fourth-order valence-electron chi connectivity index (χ4n) is 4.80. The van der Waals surface area contributed by atoms with Crippen LogP contribution in [0.2, 0.25) is 10.0 Å². The Morgan fingerprint density at radius 1 is 1.11 bits per heavy atom. The molecule has 0 bridgehead atoms. The van der Waals surface area contributed by atoms with Gasteiger partial charge in [0, 0.05) is 34.6 Å². The third-order valence-corrected chi connectivity index (χ3v) is 6.69. The highest BCUT2D eigenvalue weighted by molar-refractivity contribution is 6.31. The Morgan fingerprint density at radius 3 is 2.50 bits per heavy atom. The van der Waals surface area contributed by atoms with Gasteiger partial charge in [-0.2, -0.15) is 0 Å². The van der Waals surface area contributed by atoms with Crippen LogP contribution < -0.4 is 11.1 Å². The lowest BCUT2D eigenvalue weighted by Gasteiger charge is -2.42. The van der Waals surface area contributed by atoms with Crippen LogP contribution in [0.25, 0.3) is 0 Å².